The molecule has 1 fully saturated rings. The molecule has 0 bridgehead atoms. The van der Waals surface area contributed by atoms with Crippen molar-refractivity contribution in [2.45, 2.75) is 13.8 Å². The zero-order valence-corrected chi connectivity index (χ0v) is 9.76. The molecule has 0 aromatic carbocycles. The van der Waals surface area contributed by atoms with E-state index in [0.29, 0.717) is 6.54 Å². The number of nitrogens with zero attached hydrogens (tertiary/aromatic N) is 5. The molecule has 0 amide bonds. The van der Waals surface area contributed by atoms with Crippen LogP contribution in [0.3, 0.4) is 0 Å². The number of rotatable bonds is 5. The monoisotopic (exact) mass is 211 g/mol. The molecule has 1 aliphatic rings. The zero-order chi connectivity index (χ0) is 11.1. The third kappa shape index (κ3) is 5.02. The van der Waals surface area contributed by atoms with Crippen LogP contribution in [0, 0.1) is 5.92 Å². The van der Waals surface area contributed by atoms with Gasteiger partial charge in [-0.3, -0.25) is 0 Å². The SMILES string of the molecule is CC(C)CN1CCN(CCN=[N+]=[N-])CC1. The molecule has 15 heavy (non-hydrogen) atoms. The summed E-state index contributed by atoms with van der Waals surface area (Å²) in [6.07, 6.45) is 0. The van der Waals surface area contributed by atoms with Crippen LogP contribution in [0.5, 0.6) is 0 Å². The highest BCUT2D eigenvalue weighted by Gasteiger charge is 2.16. The van der Waals surface area contributed by atoms with Crippen molar-refractivity contribution in [1.29, 1.82) is 0 Å². The van der Waals surface area contributed by atoms with Crippen LogP contribution in [-0.2, 0) is 0 Å². The number of piperazine rings is 1. The molecular weight excluding hydrogens is 190 g/mol. The molecule has 0 N–H and O–H groups in total. The van der Waals surface area contributed by atoms with Crippen molar-refractivity contribution in [3.63, 3.8) is 0 Å². The topological polar surface area (TPSA) is 55.2 Å². The maximum atomic E-state index is 8.17. The first kappa shape index (κ1) is 12.3. The Kier molecular flexibility index (Phi) is 5.47. The van der Waals surface area contributed by atoms with Crippen LogP contribution in [0.15, 0.2) is 5.11 Å². The quantitative estimate of drug-likeness (QED) is 0.394. The van der Waals surface area contributed by atoms with E-state index in [4.69, 9.17) is 5.53 Å². The molecule has 0 radical (unpaired) electrons. The van der Waals surface area contributed by atoms with Gasteiger partial charge in [0.15, 0.2) is 0 Å². The minimum absolute atomic E-state index is 0.598. The van der Waals surface area contributed by atoms with Crippen LogP contribution in [-0.4, -0.2) is 55.6 Å². The predicted octanol–water partition coefficient (Wildman–Crippen LogP) is 1.57. The Balaban J connectivity index is 2.15. The molecule has 0 aliphatic carbocycles. The van der Waals surface area contributed by atoms with Crippen molar-refractivity contribution in [1.82, 2.24) is 9.80 Å². The van der Waals surface area contributed by atoms with E-state index in [-0.39, 0.29) is 0 Å². The molecule has 0 aromatic heterocycles. The van der Waals surface area contributed by atoms with Crippen molar-refractivity contribution in [3.05, 3.63) is 10.4 Å². The molecule has 1 aliphatic heterocycles. The molecular formula is C10H21N5. The van der Waals surface area contributed by atoms with Gasteiger partial charge in [0.05, 0.1) is 0 Å². The van der Waals surface area contributed by atoms with Gasteiger partial charge in [-0.15, -0.1) is 0 Å². The molecule has 0 spiro atoms. The summed E-state index contributed by atoms with van der Waals surface area (Å²) in [4.78, 5) is 7.64. The normalized spacial score (nSPS) is 19.1. The van der Waals surface area contributed by atoms with E-state index in [2.05, 4.69) is 33.7 Å². The highest BCUT2D eigenvalue weighted by atomic mass is 15.3. The van der Waals surface area contributed by atoms with Crippen LogP contribution < -0.4 is 0 Å². The van der Waals surface area contributed by atoms with E-state index in [1.807, 2.05) is 0 Å². The fourth-order valence-electron chi connectivity index (χ4n) is 1.94. The van der Waals surface area contributed by atoms with Crippen LogP contribution >= 0.6 is 0 Å². The zero-order valence-electron chi connectivity index (χ0n) is 9.76. The standard InChI is InChI=1S/C10H21N5/c1-10(2)9-15-7-5-14(6-8-15)4-3-12-13-11/h10H,3-9H2,1-2H3. The maximum Gasteiger partial charge on any atom is 0.0385 e. The lowest BCUT2D eigenvalue weighted by molar-refractivity contribution is 0.125. The van der Waals surface area contributed by atoms with Crippen molar-refractivity contribution in [2.75, 3.05) is 45.8 Å². The van der Waals surface area contributed by atoms with Crippen molar-refractivity contribution in [2.24, 2.45) is 11.0 Å². The molecule has 5 nitrogen and oxygen atoms in total. The van der Waals surface area contributed by atoms with E-state index in [1.165, 1.54) is 6.54 Å². The Bertz CT molecular complexity index is 214. The summed E-state index contributed by atoms with van der Waals surface area (Å²) < 4.78 is 0. The predicted molar refractivity (Wildman–Crippen MR) is 61.7 cm³/mol. The fourth-order valence-corrected chi connectivity index (χ4v) is 1.94. The largest absolute Gasteiger partial charge is 0.301 e. The van der Waals surface area contributed by atoms with Crippen LogP contribution in [0.4, 0.5) is 0 Å². The van der Waals surface area contributed by atoms with Gasteiger partial charge >= 0.3 is 0 Å². The van der Waals surface area contributed by atoms with Gasteiger partial charge in [0, 0.05) is 50.7 Å². The minimum Gasteiger partial charge on any atom is -0.301 e. The van der Waals surface area contributed by atoms with Crippen LogP contribution in [0.1, 0.15) is 13.8 Å². The first-order chi connectivity index (χ1) is 7.22. The third-order valence-corrected chi connectivity index (χ3v) is 2.67. The van der Waals surface area contributed by atoms with Gasteiger partial charge in [0.1, 0.15) is 0 Å². The minimum atomic E-state index is 0.598. The van der Waals surface area contributed by atoms with Gasteiger partial charge < -0.3 is 9.80 Å². The Morgan fingerprint density at radius 2 is 1.80 bits per heavy atom. The highest BCUT2D eigenvalue weighted by molar-refractivity contribution is 4.73. The second kappa shape index (κ2) is 6.67. The highest BCUT2D eigenvalue weighted by Crippen LogP contribution is 2.04. The molecule has 0 aromatic rings. The number of hydrogen-bond acceptors (Lipinski definition) is 3. The summed E-state index contributed by atoms with van der Waals surface area (Å²) >= 11 is 0. The molecule has 1 heterocycles. The first-order valence-corrected chi connectivity index (χ1v) is 5.68. The second-order valence-corrected chi connectivity index (χ2v) is 4.49. The van der Waals surface area contributed by atoms with E-state index in [9.17, 15) is 0 Å². The molecule has 0 atom stereocenters. The van der Waals surface area contributed by atoms with Crippen LogP contribution in [0.25, 0.3) is 10.4 Å². The Labute approximate surface area is 91.7 Å². The van der Waals surface area contributed by atoms with Gasteiger partial charge in [-0.05, 0) is 11.4 Å². The van der Waals surface area contributed by atoms with E-state index in [1.54, 1.807) is 0 Å². The summed E-state index contributed by atoms with van der Waals surface area (Å²) in [7, 11) is 0. The molecule has 0 unspecified atom stereocenters. The average molecular weight is 211 g/mol. The van der Waals surface area contributed by atoms with Crippen molar-refractivity contribution >= 4 is 0 Å². The van der Waals surface area contributed by atoms with Crippen molar-refractivity contribution in [3.8, 4) is 0 Å². The number of azide groups is 1. The van der Waals surface area contributed by atoms with Gasteiger partial charge in [0.25, 0.3) is 0 Å². The smallest absolute Gasteiger partial charge is 0.0385 e. The molecule has 0 saturated carbocycles. The molecule has 1 saturated heterocycles. The summed E-state index contributed by atoms with van der Waals surface area (Å²) in [5.41, 5.74) is 8.17. The Morgan fingerprint density at radius 3 is 2.33 bits per heavy atom. The lowest BCUT2D eigenvalue weighted by Gasteiger charge is -2.35. The lowest BCUT2D eigenvalue weighted by Crippen LogP contribution is -2.47. The van der Waals surface area contributed by atoms with Gasteiger partial charge in [0.2, 0.25) is 0 Å². The van der Waals surface area contributed by atoms with Gasteiger partial charge in [-0.2, -0.15) is 0 Å². The summed E-state index contributed by atoms with van der Waals surface area (Å²) in [6, 6.07) is 0. The average Bonchev–Trinajstić information content (AvgIpc) is 2.20. The van der Waals surface area contributed by atoms with E-state index < -0.39 is 0 Å². The first-order valence-electron chi connectivity index (χ1n) is 5.68. The fraction of sp³-hybridized carbons (Fsp3) is 1.00. The summed E-state index contributed by atoms with van der Waals surface area (Å²) in [6.45, 7) is 11.7. The third-order valence-electron chi connectivity index (χ3n) is 2.67. The molecule has 1 rings (SSSR count). The van der Waals surface area contributed by atoms with Crippen LogP contribution in [0.2, 0.25) is 0 Å². The molecule has 5 heteroatoms. The Hall–Kier alpha value is -0.770. The number of hydrogen-bond donors (Lipinski definition) is 0. The maximum absolute atomic E-state index is 8.17. The van der Waals surface area contributed by atoms with Gasteiger partial charge in [-0.1, -0.05) is 19.0 Å². The van der Waals surface area contributed by atoms with E-state index >= 15 is 0 Å². The molecule has 86 valence electrons. The summed E-state index contributed by atoms with van der Waals surface area (Å²) in [5.74, 6) is 0.750. The lowest BCUT2D eigenvalue weighted by atomic mass is 10.2. The van der Waals surface area contributed by atoms with E-state index in [0.717, 1.165) is 38.6 Å². The Morgan fingerprint density at radius 1 is 1.20 bits per heavy atom. The van der Waals surface area contributed by atoms with Gasteiger partial charge in [-0.25, -0.2) is 0 Å². The second-order valence-electron chi connectivity index (χ2n) is 4.49. The summed E-state index contributed by atoms with van der Waals surface area (Å²) in [5, 5.41) is 3.56. The van der Waals surface area contributed by atoms with Crippen molar-refractivity contribution < 1.29 is 0 Å².